The van der Waals surface area contributed by atoms with Gasteiger partial charge in [-0.1, -0.05) is 0 Å². The van der Waals surface area contributed by atoms with Gasteiger partial charge in [-0.2, -0.15) is 0 Å². The van der Waals surface area contributed by atoms with Gasteiger partial charge in [0, 0.05) is 37.4 Å². The van der Waals surface area contributed by atoms with Crippen molar-refractivity contribution in [1.29, 1.82) is 0 Å². The molecule has 1 aromatic rings. The van der Waals surface area contributed by atoms with Crippen molar-refractivity contribution in [2.24, 2.45) is 0 Å². The van der Waals surface area contributed by atoms with Crippen molar-refractivity contribution in [1.82, 2.24) is 20.2 Å². The minimum atomic E-state index is 0.522. The van der Waals surface area contributed by atoms with Gasteiger partial charge in [-0.05, 0) is 20.8 Å². The Morgan fingerprint density at radius 1 is 1.40 bits per heavy atom. The SMILES string of the molecule is Cc1ncn(C[C@H]2CN[C@H](C)CN2)c1C. The molecule has 1 aliphatic rings. The highest BCUT2D eigenvalue weighted by Crippen LogP contribution is 2.06. The lowest BCUT2D eigenvalue weighted by Crippen LogP contribution is -2.54. The molecule has 2 rings (SSSR count). The van der Waals surface area contributed by atoms with Crippen LogP contribution in [0.15, 0.2) is 6.33 Å². The van der Waals surface area contributed by atoms with E-state index >= 15 is 0 Å². The van der Waals surface area contributed by atoms with E-state index in [0.717, 1.165) is 25.3 Å². The average Bonchev–Trinajstić information content (AvgIpc) is 2.53. The van der Waals surface area contributed by atoms with Gasteiger partial charge in [-0.15, -0.1) is 0 Å². The second-order valence-electron chi connectivity index (χ2n) is 4.48. The first-order valence-electron chi connectivity index (χ1n) is 5.62. The van der Waals surface area contributed by atoms with Crippen molar-refractivity contribution in [2.45, 2.75) is 39.4 Å². The number of hydrogen-bond acceptors (Lipinski definition) is 3. The summed E-state index contributed by atoms with van der Waals surface area (Å²) in [5.74, 6) is 0. The largest absolute Gasteiger partial charge is 0.333 e. The highest BCUT2D eigenvalue weighted by atomic mass is 15.1. The lowest BCUT2D eigenvalue weighted by atomic mass is 10.2. The van der Waals surface area contributed by atoms with Crippen LogP contribution in [0.2, 0.25) is 0 Å². The summed E-state index contributed by atoms with van der Waals surface area (Å²) in [6, 6.07) is 1.11. The van der Waals surface area contributed by atoms with Crippen LogP contribution in [0.25, 0.3) is 0 Å². The molecule has 2 atom stereocenters. The Bertz CT molecular complexity index is 323. The second-order valence-corrected chi connectivity index (χ2v) is 4.48. The molecule has 0 radical (unpaired) electrons. The second kappa shape index (κ2) is 4.33. The van der Waals surface area contributed by atoms with Crippen LogP contribution in [0, 0.1) is 13.8 Å². The molecule has 1 aromatic heterocycles. The third kappa shape index (κ3) is 2.38. The van der Waals surface area contributed by atoms with E-state index in [-0.39, 0.29) is 0 Å². The molecule has 1 fully saturated rings. The molecule has 15 heavy (non-hydrogen) atoms. The smallest absolute Gasteiger partial charge is 0.0951 e. The summed E-state index contributed by atoms with van der Waals surface area (Å²) in [6.07, 6.45) is 1.93. The van der Waals surface area contributed by atoms with Gasteiger partial charge in [0.1, 0.15) is 0 Å². The lowest BCUT2D eigenvalue weighted by molar-refractivity contribution is 0.331. The molecular formula is C11H20N4. The number of aryl methyl sites for hydroxylation is 1. The van der Waals surface area contributed by atoms with E-state index in [4.69, 9.17) is 0 Å². The van der Waals surface area contributed by atoms with E-state index in [9.17, 15) is 0 Å². The van der Waals surface area contributed by atoms with E-state index in [1.54, 1.807) is 0 Å². The molecule has 4 nitrogen and oxygen atoms in total. The summed E-state index contributed by atoms with van der Waals surface area (Å²) in [4.78, 5) is 4.31. The van der Waals surface area contributed by atoms with Gasteiger partial charge >= 0.3 is 0 Å². The number of nitrogens with zero attached hydrogens (tertiary/aromatic N) is 2. The monoisotopic (exact) mass is 208 g/mol. The zero-order valence-electron chi connectivity index (χ0n) is 9.75. The Morgan fingerprint density at radius 3 is 2.73 bits per heavy atom. The predicted molar refractivity (Wildman–Crippen MR) is 61.0 cm³/mol. The number of nitrogens with one attached hydrogen (secondary N) is 2. The quantitative estimate of drug-likeness (QED) is 0.741. The van der Waals surface area contributed by atoms with Crippen LogP contribution in [0.5, 0.6) is 0 Å². The standard InChI is InChI=1S/C11H20N4/c1-8-4-13-11(5-12-8)6-15-7-14-9(2)10(15)3/h7-8,11-13H,4-6H2,1-3H3/t8-,11-/m1/s1. The van der Waals surface area contributed by atoms with Gasteiger partial charge in [0.15, 0.2) is 0 Å². The Labute approximate surface area is 91.1 Å². The van der Waals surface area contributed by atoms with E-state index < -0.39 is 0 Å². The van der Waals surface area contributed by atoms with Crippen molar-refractivity contribution in [3.05, 3.63) is 17.7 Å². The molecule has 84 valence electrons. The van der Waals surface area contributed by atoms with E-state index in [1.807, 2.05) is 6.33 Å². The Balaban J connectivity index is 1.94. The molecule has 0 aromatic carbocycles. The van der Waals surface area contributed by atoms with Crippen LogP contribution < -0.4 is 10.6 Å². The van der Waals surface area contributed by atoms with Crippen LogP contribution in [0.1, 0.15) is 18.3 Å². The van der Waals surface area contributed by atoms with Crippen molar-refractivity contribution < 1.29 is 0 Å². The van der Waals surface area contributed by atoms with Gasteiger partial charge in [-0.25, -0.2) is 4.98 Å². The van der Waals surface area contributed by atoms with Crippen LogP contribution in [-0.2, 0) is 6.54 Å². The Hall–Kier alpha value is -0.870. The molecule has 0 saturated carbocycles. The van der Waals surface area contributed by atoms with Crippen molar-refractivity contribution in [2.75, 3.05) is 13.1 Å². The number of imidazole rings is 1. The van der Waals surface area contributed by atoms with Crippen LogP contribution in [-0.4, -0.2) is 34.7 Å². The van der Waals surface area contributed by atoms with Crippen LogP contribution >= 0.6 is 0 Å². The number of piperazine rings is 1. The van der Waals surface area contributed by atoms with E-state index in [0.29, 0.717) is 12.1 Å². The number of aromatic nitrogens is 2. The first-order chi connectivity index (χ1) is 7.16. The van der Waals surface area contributed by atoms with Crippen LogP contribution in [0.3, 0.4) is 0 Å². The summed E-state index contributed by atoms with van der Waals surface area (Å²) < 4.78 is 2.23. The Kier molecular flexibility index (Phi) is 3.07. The van der Waals surface area contributed by atoms with Crippen molar-refractivity contribution in [3.8, 4) is 0 Å². The first-order valence-corrected chi connectivity index (χ1v) is 5.62. The lowest BCUT2D eigenvalue weighted by Gasteiger charge is -2.29. The fraction of sp³-hybridized carbons (Fsp3) is 0.727. The van der Waals surface area contributed by atoms with Gasteiger partial charge in [0.2, 0.25) is 0 Å². The zero-order chi connectivity index (χ0) is 10.8. The van der Waals surface area contributed by atoms with Gasteiger partial charge in [0.05, 0.1) is 12.0 Å². The Morgan fingerprint density at radius 2 is 2.20 bits per heavy atom. The molecule has 2 N–H and O–H groups in total. The molecule has 0 amide bonds. The molecule has 0 aliphatic carbocycles. The van der Waals surface area contributed by atoms with Crippen molar-refractivity contribution >= 4 is 0 Å². The number of rotatable bonds is 2. The molecule has 1 aliphatic heterocycles. The topological polar surface area (TPSA) is 41.9 Å². The molecule has 4 heteroatoms. The third-order valence-electron chi connectivity index (χ3n) is 3.19. The summed E-state index contributed by atoms with van der Waals surface area (Å²) in [5, 5.41) is 7.03. The predicted octanol–water partition coefficient (Wildman–Crippen LogP) is 0.450. The maximum Gasteiger partial charge on any atom is 0.0951 e. The highest BCUT2D eigenvalue weighted by Gasteiger charge is 2.17. The molecule has 1 saturated heterocycles. The average molecular weight is 208 g/mol. The highest BCUT2D eigenvalue weighted by molar-refractivity contribution is 5.08. The summed E-state index contributed by atoms with van der Waals surface area (Å²) >= 11 is 0. The fourth-order valence-corrected chi connectivity index (χ4v) is 1.93. The first kappa shape index (κ1) is 10.6. The fourth-order valence-electron chi connectivity index (χ4n) is 1.93. The van der Waals surface area contributed by atoms with Gasteiger partial charge in [0.25, 0.3) is 0 Å². The van der Waals surface area contributed by atoms with Crippen molar-refractivity contribution in [3.63, 3.8) is 0 Å². The molecule has 0 unspecified atom stereocenters. The van der Waals surface area contributed by atoms with Gasteiger partial charge in [-0.3, -0.25) is 0 Å². The third-order valence-corrected chi connectivity index (χ3v) is 3.19. The van der Waals surface area contributed by atoms with E-state index in [1.165, 1.54) is 5.69 Å². The summed E-state index contributed by atoms with van der Waals surface area (Å²) in [7, 11) is 0. The molecule has 2 heterocycles. The normalized spacial score (nSPS) is 26.9. The summed E-state index contributed by atoms with van der Waals surface area (Å²) in [5.41, 5.74) is 2.41. The van der Waals surface area contributed by atoms with E-state index in [2.05, 4.69) is 41.0 Å². The minimum absolute atomic E-state index is 0.522. The van der Waals surface area contributed by atoms with Gasteiger partial charge < -0.3 is 15.2 Å². The molecular weight excluding hydrogens is 188 g/mol. The van der Waals surface area contributed by atoms with Crippen LogP contribution in [0.4, 0.5) is 0 Å². The maximum absolute atomic E-state index is 4.31. The zero-order valence-corrected chi connectivity index (χ0v) is 9.75. The number of hydrogen-bond donors (Lipinski definition) is 2. The molecule has 0 spiro atoms. The minimum Gasteiger partial charge on any atom is -0.333 e. The summed E-state index contributed by atoms with van der Waals surface area (Å²) in [6.45, 7) is 9.49. The maximum atomic E-state index is 4.31. The molecule has 0 bridgehead atoms.